The highest BCUT2D eigenvalue weighted by Crippen LogP contribution is 2.18. The van der Waals surface area contributed by atoms with Crippen molar-refractivity contribution in [3.8, 4) is 5.75 Å². The molecule has 27 heavy (non-hydrogen) atoms. The van der Waals surface area contributed by atoms with Gasteiger partial charge in [-0.05, 0) is 55.8 Å². The van der Waals surface area contributed by atoms with Crippen molar-refractivity contribution in [3.05, 3.63) is 84.1 Å². The second-order valence-corrected chi connectivity index (χ2v) is 6.48. The second-order valence-electron chi connectivity index (χ2n) is 6.48. The van der Waals surface area contributed by atoms with Crippen LogP contribution >= 0.6 is 0 Å². The summed E-state index contributed by atoms with van der Waals surface area (Å²) in [4.78, 5) is 16.7. The molecule has 0 saturated carbocycles. The van der Waals surface area contributed by atoms with Gasteiger partial charge in [0.1, 0.15) is 18.2 Å². The van der Waals surface area contributed by atoms with Crippen molar-refractivity contribution >= 4 is 17.4 Å². The maximum absolute atomic E-state index is 12.4. The van der Waals surface area contributed by atoms with Crippen molar-refractivity contribution in [3.63, 3.8) is 0 Å². The quantitative estimate of drug-likeness (QED) is 0.638. The normalized spacial score (nSPS) is 10.5. The Morgan fingerprint density at radius 3 is 2.48 bits per heavy atom. The molecule has 0 radical (unpaired) electrons. The molecular weight excluding hydrogens is 338 g/mol. The van der Waals surface area contributed by atoms with Crippen LogP contribution in [0.2, 0.25) is 0 Å². The number of anilines is 2. The number of aromatic nitrogens is 1. The van der Waals surface area contributed by atoms with Gasteiger partial charge >= 0.3 is 0 Å². The van der Waals surface area contributed by atoms with Crippen LogP contribution in [0.3, 0.4) is 0 Å². The Hall–Kier alpha value is -3.34. The van der Waals surface area contributed by atoms with E-state index in [0.29, 0.717) is 23.7 Å². The molecule has 5 nitrogen and oxygen atoms in total. The largest absolute Gasteiger partial charge is 0.489 e. The molecule has 1 amide bonds. The Morgan fingerprint density at radius 1 is 1.04 bits per heavy atom. The highest BCUT2D eigenvalue weighted by atomic mass is 16.5. The lowest BCUT2D eigenvalue weighted by atomic mass is 10.2. The van der Waals surface area contributed by atoms with Gasteiger partial charge in [0, 0.05) is 23.5 Å². The van der Waals surface area contributed by atoms with Crippen molar-refractivity contribution < 1.29 is 9.53 Å². The van der Waals surface area contributed by atoms with Crippen LogP contribution in [-0.4, -0.2) is 16.9 Å². The number of nitrogens with zero attached hydrogens (tertiary/aromatic N) is 1. The molecule has 0 unspecified atom stereocenters. The number of carbonyl (C=O) groups is 1. The van der Waals surface area contributed by atoms with Gasteiger partial charge in [-0.15, -0.1) is 0 Å². The summed E-state index contributed by atoms with van der Waals surface area (Å²) < 4.78 is 5.76. The monoisotopic (exact) mass is 361 g/mol. The number of hydrogen-bond donors (Lipinski definition) is 2. The molecule has 5 heteroatoms. The van der Waals surface area contributed by atoms with E-state index in [1.807, 2.05) is 68.4 Å². The molecule has 1 aromatic heterocycles. The first-order valence-electron chi connectivity index (χ1n) is 8.91. The van der Waals surface area contributed by atoms with Crippen LogP contribution in [0.1, 0.15) is 29.8 Å². The van der Waals surface area contributed by atoms with E-state index in [0.717, 1.165) is 11.3 Å². The van der Waals surface area contributed by atoms with Crippen molar-refractivity contribution in [2.45, 2.75) is 26.5 Å². The standard InChI is InChI=1S/C22H23N3O2/c1-16(2)24-21-14-18(12-13-23-21)22(26)25-19-8-10-20(11-9-19)27-15-17-6-4-3-5-7-17/h3-14,16H,15H2,1-2H3,(H,23,24)(H,25,26). The first-order chi connectivity index (χ1) is 13.1. The van der Waals surface area contributed by atoms with Crippen LogP contribution in [0.25, 0.3) is 0 Å². The van der Waals surface area contributed by atoms with Crippen LogP contribution in [-0.2, 0) is 6.61 Å². The molecule has 3 aromatic rings. The maximum atomic E-state index is 12.4. The highest BCUT2D eigenvalue weighted by Gasteiger charge is 2.08. The molecule has 0 aliphatic rings. The van der Waals surface area contributed by atoms with Gasteiger partial charge in [-0.2, -0.15) is 0 Å². The zero-order valence-corrected chi connectivity index (χ0v) is 15.5. The summed E-state index contributed by atoms with van der Waals surface area (Å²) in [6.07, 6.45) is 1.63. The molecule has 3 rings (SSSR count). The first kappa shape index (κ1) is 18.5. The predicted octanol–water partition coefficient (Wildman–Crippen LogP) is 4.73. The number of rotatable bonds is 7. The number of ether oxygens (including phenoxy) is 1. The minimum Gasteiger partial charge on any atom is -0.489 e. The van der Waals surface area contributed by atoms with Gasteiger partial charge in [0.15, 0.2) is 0 Å². The lowest BCUT2D eigenvalue weighted by Gasteiger charge is -2.11. The zero-order chi connectivity index (χ0) is 19.1. The number of amides is 1. The van der Waals surface area contributed by atoms with E-state index in [1.54, 1.807) is 18.3 Å². The molecule has 0 aliphatic heterocycles. The number of pyridine rings is 1. The number of hydrogen-bond acceptors (Lipinski definition) is 4. The van der Waals surface area contributed by atoms with E-state index < -0.39 is 0 Å². The Labute approximate surface area is 159 Å². The Bertz CT molecular complexity index is 878. The lowest BCUT2D eigenvalue weighted by molar-refractivity contribution is 0.102. The topological polar surface area (TPSA) is 63.2 Å². The van der Waals surface area contributed by atoms with E-state index in [2.05, 4.69) is 15.6 Å². The third-order valence-corrected chi connectivity index (χ3v) is 3.82. The van der Waals surface area contributed by atoms with Gasteiger partial charge in [-0.25, -0.2) is 4.98 Å². The predicted molar refractivity (Wildman–Crippen MR) is 108 cm³/mol. The molecule has 1 heterocycles. The fraction of sp³-hybridized carbons (Fsp3) is 0.182. The van der Waals surface area contributed by atoms with Crippen LogP contribution in [0.5, 0.6) is 5.75 Å². The fourth-order valence-electron chi connectivity index (χ4n) is 2.53. The molecule has 0 spiro atoms. The molecule has 0 fully saturated rings. The number of benzene rings is 2. The molecule has 2 aromatic carbocycles. The van der Waals surface area contributed by atoms with Crippen molar-refractivity contribution in [1.82, 2.24) is 4.98 Å². The number of carbonyl (C=O) groups excluding carboxylic acids is 1. The molecule has 0 bridgehead atoms. The molecule has 2 N–H and O–H groups in total. The Kier molecular flexibility index (Phi) is 6.05. The average molecular weight is 361 g/mol. The summed E-state index contributed by atoms with van der Waals surface area (Å²) >= 11 is 0. The maximum Gasteiger partial charge on any atom is 0.255 e. The first-order valence-corrected chi connectivity index (χ1v) is 8.91. The van der Waals surface area contributed by atoms with Crippen molar-refractivity contribution in [2.24, 2.45) is 0 Å². The smallest absolute Gasteiger partial charge is 0.255 e. The Morgan fingerprint density at radius 2 is 1.78 bits per heavy atom. The summed E-state index contributed by atoms with van der Waals surface area (Å²) in [7, 11) is 0. The fourth-order valence-corrected chi connectivity index (χ4v) is 2.53. The zero-order valence-electron chi connectivity index (χ0n) is 15.5. The third-order valence-electron chi connectivity index (χ3n) is 3.82. The second kappa shape index (κ2) is 8.85. The molecule has 0 atom stereocenters. The molecule has 138 valence electrons. The van der Waals surface area contributed by atoms with Gasteiger partial charge in [0.25, 0.3) is 5.91 Å². The summed E-state index contributed by atoms with van der Waals surface area (Å²) in [5, 5.41) is 6.08. The summed E-state index contributed by atoms with van der Waals surface area (Å²) in [5.41, 5.74) is 2.37. The van der Waals surface area contributed by atoms with Gasteiger partial charge in [-0.3, -0.25) is 4.79 Å². The van der Waals surface area contributed by atoms with Crippen LogP contribution < -0.4 is 15.4 Å². The van der Waals surface area contributed by atoms with E-state index in [1.165, 1.54) is 0 Å². The third kappa shape index (κ3) is 5.57. The minimum atomic E-state index is -0.179. The summed E-state index contributed by atoms with van der Waals surface area (Å²) in [6.45, 7) is 4.56. The van der Waals surface area contributed by atoms with Crippen molar-refractivity contribution in [1.29, 1.82) is 0 Å². The molecule has 0 aliphatic carbocycles. The van der Waals surface area contributed by atoms with Gasteiger partial charge in [-0.1, -0.05) is 30.3 Å². The van der Waals surface area contributed by atoms with Crippen molar-refractivity contribution in [2.75, 3.05) is 10.6 Å². The van der Waals surface area contributed by atoms with Gasteiger partial charge in [0.2, 0.25) is 0 Å². The highest BCUT2D eigenvalue weighted by molar-refractivity contribution is 6.04. The van der Waals surface area contributed by atoms with E-state index in [4.69, 9.17) is 4.74 Å². The molecular formula is C22H23N3O2. The van der Waals surface area contributed by atoms with Gasteiger partial charge in [0.05, 0.1) is 0 Å². The summed E-state index contributed by atoms with van der Waals surface area (Å²) in [6, 6.07) is 21.0. The Balaban J connectivity index is 1.58. The van der Waals surface area contributed by atoms with Crippen LogP contribution in [0.4, 0.5) is 11.5 Å². The SMILES string of the molecule is CC(C)Nc1cc(C(=O)Nc2ccc(OCc3ccccc3)cc2)ccn1. The molecule has 0 saturated heterocycles. The van der Waals surface area contributed by atoms with Gasteiger partial charge < -0.3 is 15.4 Å². The van der Waals surface area contributed by atoms with E-state index in [-0.39, 0.29) is 11.9 Å². The average Bonchev–Trinajstić information content (AvgIpc) is 2.68. The van der Waals surface area contributed by atoms with Crippen LogP contribution in [0.15, 0.2) is 72.9 Å². The number of nitrogens with one attached hydrogen (secondary N) is 2. The van der Waals surface area contributed by atoms with Crippen LogP contribution in [0, 0.1) is 0 Å². The summed E-state index contributed by atoms with van der Waals surface area (Å²) in [5.74, 6) is 1.26. The lowest BCUT2D eigenvalue weighted by Crippen LogP contribution is -2.14. The minimum absolute atomic E-state index is 0.179. The van der Waals surface area contributed by atoms with E-state index in [9.17, 15) is 4.79 Å². The van der Waals surface area contributed by atoms with E-state index >= 15 is 0 Å².